The summed E-state index contributed by atoms with van der Waals surface area (Å²) in [6.45, 7) is 4.06. The van der Waals surface area contributed by atoms with Crippen molar-refractivity contribution in [1.82, 2.24) is 5.32 Å². The third kappa shape index (κ3) is 3.52. The second-order valence-electron chi connectivity index (χ2n) is 3.23. The molecule has 0 radical (unpaired) electrons. The van der Waals surface area contributed by atoms with Gasteiger partial charge in [0.05, 0.1) is 10.7 Å². The van der Waals surface area contributed by atoms with Crippen molar-refractivity contribution in [3.8, 4) is 0 Å². The first-order chi connectivity index (χ1) is 6.59. The van der Waals surface area contributed by atoms with Crippen LogP contribution >= 0.6 is 23.8 Å². The topological polar surface area (TPSA) is 24.1 Å². The molecule has 2 N–H and O–H groups in total. The lowest BCUT2D eigenvalue weighted by atomic mass is 10.3. The van der Waals surface area contributed by atoms with E-state index in [-0.39, 0.29) is 0 Å². The van der Waals surface area contributed by atoms with Crippen molar-refractivity contribution in [3.05, 3.63) is 29.3 Å². The van der Waals surface area contributed by atoms with Crippen LogP contribution in [0.5, 0.6) is 0 Å². The predicted molar refractivity (Wildman–Crippen MR) is 65.9 cm³/mol. The van der Waals surface area contributed by atoms with Crippen LogP contribution in [0.25, 0.3) is 0 Å². The molecule has 1 rings (SSSR count). The first-order valence-corrected chi connectivity index (χ1v) is 5.20. The average molecular weight is 229 g/mol. The van der Waals surface area contributed by atoms with Crippen molar-refractivity contribution < 1.29 is 0 Å². The SMILES string of the molecule is CC(C)NC(=S)Nc1ccccc1Cl. The molecule has 0 aliphatic heterocycles. The highest BCUT2D eigenvalue weighted by atomic mass is 35.5. The maximum absolute atomic E-state index is 5.95. The highest BCUT2D eigenvalue weighted by Gasteiger charge is 2.01. The molecule has 0 bridgehead atoms. The Morgan fingerprint density at radius 3 is 2.57 bits per heavy atom. The quantitative estimate of drug-likeness (QED) is 0.761. The van der Waals surface area contributed by atoms with Crippen LogP contribution in [0.15, 0.2) is 24.3 Å². The molecule has 0 spiro atoms. The molecule has 0 aliphatic rings. The number of halogens is 1. The van der Waals surface area contributed by atoms with Gasteiger partial charge in [-0.15, -0.1) is 0 Å². The number of nitrogens with one attached hydrogen (secondary N) is 2. The van der Waals surface area contributed by atoms with E-state index in [9.17, 15) is 0 Å². The molecule has 1 aromatic rings. The first-order valence-electron chi connectivity index (χ1n) is 4.41. The summed E-state index contributed by atoms with van der Waals surface area (Å²) in [7, 11) is 0. The Hall–Kier alpha value is -0.800. The Labute approximate surface area is 94.7 Å². The summed E-state index contributed by atoms with van der Waals surface area (Å²) in [5.41, 5.74) is 0.826. The van der Waals surface area contributed by atoms with Gasteiger partial charge < -0.3 is 10.6 Å². The molecule has 0 saturated heterocycles. The number of thiocarbonyl (C=S) groups is 1. The standard InChI is InChI=1S/C10H13ClN2S/c1-7(2)12-10(14)13-9-6-4-3-5-8(9)11/h3-7H,1-2H3,(H2,12,13,14). The zero-order valence-corrected chi connectivity index (χ0v) is 9.75. The summed E-state index contributed by atoms with van der Waals surface area (Å²) in [5, 5.41) is 7.37. The van der Waals surface area contributed by atoms with Gasteiger partial charge in [0.2, 0.25) is 0 Å². The molecule has 0 amide bonds. The summed E-state index contributed by atoms with van der Waals surface area (Å²) < 4.78 is 0. The van der Waals surface area contributed by atoms with Crippen molar-refractivity contribution >= 4 is 34.6 Å². The van der Waals surface area contributed by atoms with E-state index in [0.29, 0.717) is 16.2 Å². The van der Waals surface area contributed by atoms with Gasteiger partial charge in [-0.1, -0.05) is 23.7 Å². The fourth-order valence-corrected chi connectivity index (χ4v) is 1.51. The van der Waals surface area contributed by atoms with E-state index in [4.69, 9.17) is 23.8 Å². The van der Waals surface area contributed by atoms with Crippen LogP contribution in [0, 0.1) is 0 Å². The second-order valence-corrected chi connectivity index (χ2v) is 4.05. The van der Waals surface area contributed by atoms with Gasteiger partial charge in [0, 0.05) is 6.04 Å². The van der Waals surface area contributed by atoms with Crippen LogP contribution in [0.3, 0.4) is 0 Å². The van der Waals surface area contributed by atoms with Crippen LogP contribution in [0.4, 0.5) is 5.69 Å². The van der Waals surface area contributed by atoms with Crippen molar-refractivity contribution in [2.45, 2.75) is 19.9 Å². The van der Waals surface area contributed by atoms with Crippen LogP contribution in [0.1, 0.15) is 13.8 Å². The lowest BCUT2D eigenvalue weighted by Gasteiger charge is -2.13. The first kappa shape index (κ1) is 11.3. The fraction of sp³-hybridized carbons (Fsp3) is 0.300. The molecule has 4 heteroatoms. The largest absolute Gasteiger partial charge is 0.360 e. The van der Waals surface area contributed by atoms with Crippen molar-refractivity contribution in [3.63, 3.8) is 0 Å². The van der Waals surface area contributed by atoms with E-state index in [1.807, 2.05) is 38.1 Å². The third-order valence-electron chi connectivity index (χ3n) is 1.54. The van der Waals surface area contributed by atoms with E-state index >= 15 is 0 Å². The summed E-state index contributed by atoms with van der Waals surface area (Å²) in [6, 6.07) is 7.81. The van der Waals surface area contributed by atoms with Gasteiger partial charge in [-0.05, 0) is 38.2 Å². The number of hydrogen-bond donors (Lipinski definition) is 2. The minimum atomic E-state index is 0.317. The Kier molecular flexibility index (Phi) is 4.17. The Bertz CT molecular complexity index is 326. The molecule has 0 unspecified atom stereocenters. The summed E-state index contributed by atoms with van der Waals surface area (Å²) in [5.74, 6) is 0. The molecule has 0 aromatic heterocycles. The summed E-state index contributed by atoms with van der Waals surface area (Å²) >= 11 is 11.0. The second kappa shape index (κ2) is 5.17. The zero-order chi connectivity index (χ0) is 10.6. The maximum Gasteiger partial charge on any atom is 0.171 e. The molecule has 0 aliphatic carbocycles. The van der Waals surface area contributed by atoms with E-state index < -0.39 is 0 Å². The highest BCUT2D eigenvalue weighted by Crippen LogP contribution is 2.20. The number of hydrogen-bond acceptors (Lipinski definition) is 1. The van der Waals surface area contributed by atoms with Gasteiger partial charge in [-0.25, -0.2) is 0 Å². The van der Waals surface area contributed by atoms with Gasteiger partial charge in [0.25, 0.3) is 0 Å². The fourth-order valence-electron chi connectivity index (χ4n) is 0.983. The molecule has 0 fully saturated rings. The highest BCUT2D eigenvalue weighted by molar-refractivity contribution is 7.80. The average Bonchev–Trinajstić information content (AvgIpc) is 2.07. The zero-order valence-electron chi connectivity index (χ0n) is 8.17. The predicted octanol–water partition coefficient (Wildman–Crippen LogP) is 3.03. The van der Waals surface area contributed by atoms with Gasteiger partial charge in [-0.2, -0.15) is 0 Å². The third-order valence-corrected chi connectivity index (χ3v) is 2.09. The minimum Gasteiger partial charge on any atom is -0.360 e. The Morgan fingerprint density at radius 2 is 2.00 bits per heavy atom. The van der Waals surface area contributed by atoms with E-state index in [1.165, 1.54) is 0 Å². The summed E-state index contributed by atoms with van der Waals surface area (Å²) in [6.07, 6.45) is 0. The molecule has 0 saturated carbocycles. The van der Waals surface area contributed by atoms with Gasteiger partial charge >= 0.3 is 0 Å². The lowest BCUT2D eigenvalue weighted by Crippen LogP contribution is -2.33. The van der Waals surface area contributed by atoms with Crippen molar-refractivity contribution in [2.24, 2.45) is 0 Å². The number of para-hydroxylation sites is 1. The van der Waals surface area contributed by atoms with E-state index in [2.05, 4.69) is 10.6 Å². The van der Waals surface area contributed by atoms with E-state index in [0.717, 1.165) is 5.69 Å². The molecule has 0 heterocycles. The maximum atomic E-state index is 5.95. The molecular weight excluding hydrogens is 216 g/mol. The minimum absolute atomic E-state index is 0.317. The Balaban J connectivity index is 2.61. The molecular formula is C10H13ClN2S. The van der Waals surface area contributed by atoms with Crippen LogP contribution < -0.4 is 10.6 Å². The van der Waals surface area contributed by atoms with Gasteiger partial charge in [0.15, 0.2) is 5.11 Å². The molecule has 14 heavy (non-hydrogen) atoms. The van der Waals surface area contributed by atoms with Gasteiger partial charge in [0.1, 0.15) is 0 Å². The number of rotatable bonds is 2. The molecule has 76 valence electrons. The normalized spacial score (nSPS) is 10.0. The smallest absolute Gasteiger partial charge is 0.171 e. The van der Waals surface area contributed by atoms with Crippen molar-refractivity contribution in [1.29, 1.82) is 0 Å². The van der Waals surface area contributed by atoms with Crippen LogP contribution in [-0.4, -0.2) is 11.2 Å². The van der Waals surface area contributed by atoms with Crippen LogP contribution in [0.2, 0.25) is 5.02 Å². The molecule has 0 atom stereocenters. The van der Waals surface area contributed by atoms with Crippen LogP contribution in [-0.2, 0) is 0 Å². The molecule has 2 nitrogen and oxygen atoms in total. The monoisotopic (exact) mass is 228 g/mol. The lowest BCUT2D eigenvalue weighted by molar-refractivity contribution is 0.739. The molecule has 1 aromatic carbocycles. The van der Waals surface area contributed by atoms with Gasteiger partial charge in [-0.3, -0.25) is 0 Å². The Morgan fingerprint density at radius 1 is 1.36 bits per heavy atom. The number of benzene rings is 1. The van der Waals surface area contributed by atoms with E-state index in [1.54, 1.807) is 0 Å². The summed E-state index contributed by atoms with van der Waals surface area (Å²) in [4.78, 5) is 0. The number of anilines is 1. The van der Waals surface area contributed by atoms with Crippen molar-refractivity contribution in [2.75, 3.05) is 5.32 Å².